The first kappa shape index (κ1) is 57.4. The Balaban J connectivity index is 4.11. The second-order valence-electron chi connectivity index (χ2n) is 16.6. The fourth-order valence-corrected chi connectivity index (χ4v) is 7.71. The van der Waals surface area contributed by atoms with E-state index in [1.807, 2.05) is 0 Å². The summed E-state index contributed by atoms with van der Waals surface area (Å²) in [7, 11) is -4.61. The molecule has 4 N–H and O–H groups in total. The van der Waals surface area contributed by atoms with Crippen LogP contribution in [0.25, 0.3) is 0 Å². The van der Waals surface area contributed by atoms with Crippen molar-refractivity contribution in [2.24, 2.45) is 5.73 Å². The van der Waals surface area contributed by atoms with Crippen LogP contribution in [0.3, 0.4) is 0 Å². The van der Waals surface area contributed by atoms with Crippen LogP contribution in [0.2, 0.25) is 0 Å². The zero-order valence-electron chi connectivity index (χ0n) is 38.1. The van der Waals surface area contributed by atoms with Crippen LogP contribution in [0.1, 0.15) is 232 Å². The summed E-state index contributed by atoms with van der Waals surface area (Å²) in [6.45, 7) is 3.91. The first-order valence-electron chi connectivity index (χ1n) is 24.4. The highest BCUT2D eigenvalue weighted by molar-refractivity contribution is 7.47. The van der Waals surface area contributed by atoms with Crippen LogP contribution in [-0.2, 0) is 32.7 Å². The van der Waals surface area contributed by atoms with Gasteiger partial charge in [0, 0.05) is 13.0 Å². The summed E-state index contributed by atoms with van der Waals surface area (Å²) in [4.78, 5) is 33.6. The molecule has 0 aliphatic heterocycles. The zero-order valence-corrected chi connectivity index (χ0v) is 39.0. The Kier molecular flexibility index (Phi) is 43.3. The standard InChI is InChI=1S/C48H92NO9P/c1-3-5-7-9-11-13-15-17-19-20-21-22-23-24-25-26-27-28-30-32-34-36-38-40-47(50)58-45(43-56-59(53,54)57-44-46(49)48(51)52)42-55-41-39-37-35-33-31-29-18-16-14-12-10-8-6-4-2/h15,17,20-21,45-46H,3-14,16,18-19,22-44,49H2,1-2H3,(H,51,52)(H,53,54)/b17-15-,21-20-. The van der Waals surface area contributed by atoms with E-state index in [1.165, 1.54) is 161 Å². The molecule has 0 bridgehead atoms. The molecule has 3 atom stereocenters. The molecule has 348 valence electrons. The lowest BCUT2D eigenvalue weighted by Gasteiger charge is -2.20. The molecular formula is C48H92NO9P. The van der Waals surface area contributed by atoms with Crippen LogP contribution in [0.4, 0.5) is 0 Å². The number of allylic oxidation sites excluding steroid dienone is 4. The lowest BCUT2D eigenvalue weighted by Crippen LogP contribution is -2.34. The predicted molar refractivity (Wildman–Crippen MR) is 245 cm³/mol. The average Bonchev–Trinajstić information content (AvgIpc) is 3.21. The fraction of sp³-hybridized carbons (Fsp3) is 0.875. The number of carboxylic acids is 1. The van der Waals surface area contributed by atoms with Crippen LogP contribution >= 0.6 is 7.82 Å². The lowest BCUT2D eigenvalue weighted by molar-refractivity contribution is -0.154. The number of phosphoric acid groups is 1. The summed E-state index contributed by atoms with van der Waals surface area (Å²) >= 11 is 0. The maximum atomic E-state index is 12.7. The molecule has 0 aliphatic rings. The molecular weight excluding hydrogens is 766 g/mol. The van der Waals surface area contributed by atoms with E-state index in [2.05, 4.69) is 38.2 Å². The Morgan fingerprint density at radius 1 is 0.542 bits per heavy atom. The topological polar surface area (TPSA) is 155 Å². The number of carbonyl (C=O) groups excluding carboxylic acids is 1. The Bertz CT molecular complexity index is 1040. The van der Waals surface area contributed by atoms with Crippen LogP contribution in [-0.4, -0.2) is 60.5 Å². The number of ether oxygens (including phenoxy) is 2. The molecule has 0 aromatic rings. The van der Waals surface area contributed by atoms with Crippen molar-refractivity contribution in [3.8, 4) is 0 Å². The monoisotopic (exact) mass is 858 g/mol. The van der Waals surface area contributed by atoms with E-state index >= 15 is 0 Å². The van der Waals surface area contributed by atoms with E-state index < -0.39 is 45.1 Å². The van der Waals surface area contributed by atoms with Gasteiger partial charge in [-0.1, -0.05) is 205 Å². The van der Waals surface area contributed by atoms with Crippen molar-refractivity contribution in [3.05, 3.63) is 24.3 Å². The first-order chi connectivity index (χ1) is 28.7. The molecule has 0 heterocycles. The van der Waals surface area contributed by atoms with E-state index in [-0.39, 0.29) is 13.0 Å². The normalized spacial score (nSPS) is 14.0. The minimum Gasteiger partial charge on any atom is -0.480 e. The molecule has 0 fully saturated rings. The van der Waals surface area contributed by atoms with Gasteiger partial charge in [0.2, 0.25) is 0 Å². The third-order valence-electron chi connectivity index (χ3n) is 10.7. The molecule has 0 saturated heterocycles. The second kappa shape index (κ2) is 44.5. The summed E-state index contributed by atoms with van der Waals surface area (Å²) in [6, 6.07) is -1.47. The van der Waals surface area contributed by atoms with Crippen molar-refractivity contribution >= 4 is 19.8 Å². The molecule has 0 amide bonds. The molecule has 10 nitrogen and oxygen atoms in total. The SMILES string of the molecule is CCCCCCC/C=C\C/C=C\CCCCCCCCCCCCCC(=O)OC(COCCCCCCCCCCCCCCCC)COP(=O)(O)OCC(N)C(=O)O. The van der Waals surface area contributed by atoms with Gasteiger partial charge in [0.25, 0.3) is 0 Å². The molecule has 0 saturated carbocycles. The summed E-state index contributed by atoms with van der Waals surface area (Å²) in [5.41, 5.74) is 5.37. The zero-order chi connectivity index (χ0) is 43.3. The Labute approximate surface area is 362 Å². The number of esters is 1. The number of carboxylic acid groups (broad SMARTS) is 1. The number of hydrogen-bond acceptors (Lipinski definition) is 8. The Hall–Kier alpha value is -1.55. The minimum absolute atomic E-state index is 0.0209. The van der Waals surface area contributed by atoms with Gasteiger partial charge in [-0.05, 0) is 44.9 Å². The van der Waals surface area contributed by atoms with Gasteiger partial charge in [-0.15, -0.1) is 0 Å². The fourth-order valence-electron chi connectivity index (χ4n) is 6.93. The van der Waals surface area contributed by atoms with Gasteiger partial charge >= 0.3 is 19.8 Å². The third kappa shape index (κ3) is 44.3. The van der Waals surface area contributed by atoms with Crippen LogP contribution in [0.5, 0.6) is 0 Å². The van der Waals surface area contributed by atoms with Gasteiger partial charge < -0.3 is 25.2 Å². The number of nitrogens with two attached hydrogens (primary N) is 1. The maximum Gasteiger partial charge on any atom is 0.472 e. The summed E-state index contributed by atoms with van der Waals surface area (Å²) in [5, 5.41) is 8.91. The molecule has 0 aromatic carbocycles. The molecule has 11 heteroatoms. The quantitative estimate of drug-likeness (QED) is 0.0233. The van der Waals surface area contributed by atoms with Crippen molar-refractivity contribution in [2.45, 2.75) is 244 Å². The van der Waals surface area contributed by atoms with E-state index in [9.17, 15) is 19.0 Å². The number of aliphatic carboxylic acids is 1. The number of hydrogen-bond donors (Lipinski definition) is 3. The molecule has 0 spiro atoms. The van der Waals surface area contributed by atoms with Crippen LogP contribution < -0.4 is 5.73 Å². The first-order valence-corrected chi connectivity index (χ1v) is 25.9. The third-order valence-corrected chi connectivity index (χ3v) is 11.7. The van der Waals surface area contributed by atoms with E-state index in [4.69, 9.17) is 29.4 Å². The van der Waals surface area contributed by atoms with Crippen molar-refractivity contribution < 1.29 is 42.7 Å². The number of carbonyl (C=O) groups is 2. The van der Waals surface area contributed by atoms with Crippen LogP contribution in [0.15, 0.2) is 24.3 Å². The number of rotatable bonds is 47. The molecule has 3 unspecified atom stereocenters. The highest BCUT2D eigenvalue weighted by atomic mass is 31.2. The maximum absolute atomic E-state index is 12.7. The number of unbranched alkanes of at least 4 members (excludes halogenated alkanes) is 29. The van der Waals surface area contributed by atoms with Gasteiger partial charge in [-0.2, -0.15) is 0 Å². The van der Waals surface area contributed by atoms with Gasteiger partial charge in [0.1, 0.15) is 12.1 Å². The second-order valence-corrected chi connectivity index (χ2v) is 18.1. The highest BCUT2D eigenvalue weighted by Crippen LogP contribution is 2.43. The van der Waals surface area contributed by atoms with Gasteiger partial charge in [-0.25, -0.2) is 4.57 Å². The summed E-state index contributed by atoms with van der Waals surface area (Å²) in [5.74, 6) is -1.77. The average molecular weight is 858 g/mol. The van der Waals surface area contributed by atoms with E-state index in [0.29, 0.717) is 13.0 Å². The van der Waals surface area contributed by atoms with Crippen molar-refractivity contribution in [1.82, 2.24) is 0 Å². The largest absolute Gasteiger partial charge is 0.480 e. The Morgan fingerprint density at radius 2 is 0.932 bits per heavy atom. The van der Waals surface area contributed by atoms with Gasteiger partial charge in [-0.3, -0.25) is 18.6 Å². The molecule has 0 aromatic heterocycles. The lowest BCUT2D eigenvalue weighted by atomic mass is 10.0. The Morgan fingerprint density at radius 3 is 1.37 bits per heavy atom. The molecule has 0 rings (SSSR count). The summed E-state index contributed by atoms with van der Waals surface area (Å²) < 4.78 is 33.4. The van der Waals surface area contributed by atoms with Crippen LogP contribution in [0, 0.1) is 0 Å². The van der Waals surface area contributed by atoms with Gasteiger partial charge in [0.15, 0.2) is 0 Å². The smallest absolute Gasteiger partial charge is 0.472 e. The van der Waals surface area contributed by atoms with Crippen molar-refractivity contribution in [3.63, 3.8) is 0 Å². The van der Waals surface area contributed by atoms with Gasteiger partial charge in [0.05, 0.1) is 19.8 Å². The van der Waals surface area contributed by atoms with Crippen molar-refractivity contribution in [1.29, 1.82) is 0 Å². The van der Waals surface area contributed by atoms with Crippen molar-refractivity contribution in [2.75, 3.05) is 26.4 Å². The minimum atomic E-state index is -4.61. The predicted octanol–water partition coefficient (Wildman–Crippen LogP) is 13.9. The molecule has 0 radical (unpaired) electrons. The highest BCUT2D eigenvalue weighted by Gasteiger charge is 2.27. The van der Waals surface area contributed by atoms with E-state index in [1.54, 1.807) is 0 Å². The summed E-state index contributed by atoms with van der Waals surface area (Å²) in [6.07, 6.45) is 49.4. The molecule has 0 aliphatic carbocycles. The number of phosphoric ester groups is 1. The van der Waals surface area contributed by atoms with E-state index in [0.717, 1.165) is 44.9 Å². The molecule has 59 heavy (non-hydrogen) atoms.